The summed E-state index contributed by atoms with van der Waals surface area (Å²) in [5.74, 6) is 0. The molecule has 0 N–H and O–H groups in total. The van der Waals surface area contributed by atoms with Gasteiger partial charge in [0.25, 0.3) is 0 Å². The molecule has 0 unspecified atom stereocenters. The first kappa shape index (κ1) is 9.33. The maximum Gasteiger partial charge on any atom is 0.0305 e. The number of hydrogen-bond acceptors (Lipinski definition) is 2. The molecule has 0 amide bonds. The van der Waals surface area contributed by atoms with Crippen LogP contribution in [0.1, 0.15) is 20.3 Å². The second-order valence-corrected chi connectivity index (χ2v) is 3.42. The van der Waals surface area contributed by atoms with Gasteiger partial charge >= 0.3 is 0 Å². The van der Waals surface area contributed by atoms with Gasteiger partial charge < -0.3 is 0 Å². The molecule has 0 heterocycles. The summed E-state index contributed by atoms with van der Waals surface area (Å²) >= 11 is 1.54. The Bertz CT molecular complexity index is 254. The Labute approximate surface area is 78.0 Å². The summed E-state index contributed by atoms with van der Waals surface area (Å²) < 4.78 is 4.35. The third-order valence-electron chi connectivity index (χ3n) is 1.56. The smallest absolute Gasteiger partial charge is 0.0305 e. The van der Waals surface area contributed by atoms with E-state index < -0.39 is 0 Å². The average Bonchev–Trinajstić information content (AvgIpc) is 2.16. The third kappa shape index (κ3) is 3.09. The van der Waals surface area contributed by atoms with Crippen LogP contribution in [0.2, 0.25) is 0 Å². The molecule has 0 aliphatic carbocycles. The number of nitrogens with zero attached hydrogens (tertiary/aromatic N) is 1. The Kier molecular flexibility index (Phi) is 3.88. The zero-order chi connectivity index (χ0) is 8.81. The van der Waals surface area contributed by atoms with Crippen LogP contribution in [-0.2, 0) is 0 Å². The van der Waals surface area contributed by atoms with Gasteiger partial charge in [-0.1, -0.05) is 25.1 Å². The first-order valence-electron chi connectivity index (χ1n) is 4.08. The lowest BCUT2D eigenvalue weighted by molar-refractivity contribution is 1.27. The third-order valence-corrected chi connectivity index (χ3v) is 2.45. The van der Waals surface area contributed by atoms with E-state index in [4.69, 9.17) is 0 Å². The van der Waals surface area contributed by atoms with Crippen molar-refractivity contribution < 1.29 is 0 Å². The highest BCUT2D eigenvalue weighted by Gasteiger charge is 1.89. The summed E-state index contributed by atoms with van der Waals surface area (Å²) in [6.45, 7) is 4.17. The number of rotatable bonds is 3. The highest BCUT2D eigenvalue weighted by Crippen LogP contribution is 2.18. The minimum absolute atomic E-state index is 1.03. The molecule has 0 atom stereocenters. The van der Waals surface area contributed by atoms with Crippen LogP contribution in [0.3, 0.4) is 0 Å². The minimum atomic E-state index is 1.03. The summed E-state index contributed by atoms with van der Waals surface area (Å²) in [5, 5.41) is 0. The molecule has 0 saturated carbocycles. The summed E-state index contributed by atoms with van der Waals surface area (Å²) in [6.07, 6.45) is 1.03. The fourth-order valence-corrected chi connectivity index (χ4v) is 1.35. The molecule has 64 valence electrons. The maximum absolute atomic E-state index is 4.35. The standard InChI is InChI=1S/C10H13NS/c1-3-9(2)11-12-10-7-5-4-6-8-10/h4-8H,3H2,1-2H3. The van der Waals surface area contributed by atoms with Crippen molar-refractivity contribution in [2.75, 3.05) is 0 Å². The molecule has 12 heavy (non-hydrogen) atoms. The van der Waals surface area contributed by atoms with Crippen molar-refractivity contribution in [1.29, 1.82) is 0 Å². The predicted octanol–water partition coefficient (Wildman–Crippen LogP) is 3.56. The lowest BCUT2D eigenvalue weighted by Crippen LogP contribution is -1.83. The highest BCUT2D eigenvalue weighted by atomic mass is 32.2. The molecule has 0 spiro atoms. The highest BCUT2D eigenvalue weighted by molar-refractivity contribution is 7.98. The average molecular weight is 179 g/mol. The van der Waals surface area contributed by atoms with E-state index in [1.165, 1.54) is 10.6 Å². The van der Waals surface area contributed by atoms with Gasteiger partial charge in [-0.25, -0.2) is 4.40 Å². The largest absolute Gasteiger partial charge is 0.221 e. The van der Waals surface area contributed by atoms with E-state index >= 15 is 0 Å². The molecule has 2 heteroatoms. The molecular formula is C10H13NS. The summed E-state index contributed by atoms with van der Waals surface area (Å²) in [6, 6.07) is 10.2. The molecule has 0 radical (unpaired) electrons. The Balaban J connectivity index is 2.54. The van der Waals surface area contributed by atoms with Crippen molar-refractivity contribution >= 4 is 17.7 Å². The van der Waals surface area contributed by atoms with Crippen molar-refractivity contribution in [1.82, 2.24) is 0 Å². The topological polar surface area (TPSA) is 12.4 Å². The molecule has 1 nitrogen and oxygen atoms in total. The first-order valence-corrected chi connectivity index (χ1v) is 4.86. The van der Waals surface area contributed by atoms with Crippen molar-refractivity contribution in [3.8, 4) is 0 Å². The van der Waals surface area contributed by atoms with E-state index in [1.54, 1.807) is 11.9 Å². The van der Waals surface area contributed by atoms with Crippen LogP contribution in [-0.4, -0.2) is 5.71 Å². The molecule has 0 aliphatic heterocycles. The second-order valence-electron chi connectivity index (χ2n) is 2.58. The molecule has 0 fully saturated rings. The maximum atomic E-state index is 4.35. The fourth-order valence-electron chi connectivity index (χ4n) is 0.677. The summed E-state index contributed by atoms with van der Waals surface area (Å²) in [4.78, 5) is 1.20. The van der Waals surface area contributed by atoms with E-state index in [0.29, 0.717) is 0 Å². The van der Waals surface area contributed by atoms with Gasteiger partial charge in [0.1, 0.15) is 0 Å². The van der Waals surface area contributed by atoms with Gasteiger partial charge in [0.15, 0.2) is 0 Å². The molecule has 1 aromatic rings. The molecule has 0 saturated heterocycles. The van der Waals surface area contributed by atoms with Gasteiger partial charge in [0.2, 0.25) is 0 Å². The molecule has 0 aliphatic rings. The van der Waals surface area contributed by atoms with Crippen molar-refractivity contribution in [3.63, 3.8) is 0 Å². The van der Waals surface area contributed by atoms with Crippen LogP contribution in [0, 0.1) is 0 Å². The summed E-state index contributed by atoms with van der Waals surface area (Å²) in [5.41, 5.74) is 1.18. The Morgan fingerprint density at radius 2 is 2.00 bits per heavy atom. The Morgan fingerprint density at radius 1 is 1.33 bits per heavy atom. The van der Waals surface area contributed by atoms with Crippen LogP contribution in [0.4, 0.5) is 0 Å². The Hall–Kier alpha value is -0.760. The van der Waals surface area contributed by atoms with Crippen molar-refractivity contribution in [2.24, 2.45) is 4.40 Å². The van der Waals surface area contributed by atoms with Crippen LogP contribution in [0.15, 0.2) is 39.6 Å². The lowest BCUT2D eigenvalue weighted by Gasteiger charge is -1.95. The molecule has 0 aromatic heterocycles. The van der Waals surface area contributed by atoms with E-state index in [0.717, 1.165) is 6.42 Å². The zero-order valence-electron chi connectivity index (χ0n) is 7.45. The van der Waals surface area contributed by atoms with E-state index in [2.05, 4.69) is 30.4 Å². The van der Waals surface area contributed by atoms with E-state index in [-0.39, 0.29) is 0 Å². The molecular weight excluding hydrogens is 166 g/mol. The van der Waals surface area contributed by atoms with Gasteiger partial charge in [-0.3, -0.25) is 0 Å². The van der Waals surface area contributed by atoms with Gasteiger partial charge in [0, 0.05) is 22.6 Å². The van der Waals surface area contributed by atoms with Gasteiger partial charge in [-0.2, -0.15) is 0 Å². The predicted molar refractivity (Wildman–Crippen MR) is 55.7 cm³/mol. The van der Waals surface area contributed by atoms with Gasteiger partial charge in [0.05, 0.1) is 0 Å². The Morgan fingerprint density at radius 3 is 2.58 bits per heavy atom. The van der Waals surface area contributed by atoms with Gasteiger partial charge in [-0.15, -0.1) is 0 Å². The van der Waals surface area contributed by atoms with Gasteiger partial charge in [-0.05, 0) is 25.5 Å². The lowest BCUT2D eigenvalue weighted by atomic mass is 10.3. The van der Waals surface area contributed by atoms with E-state index in [1.807, 2.05) is 18.2 Å². The van der Waals surface area contributed by atoms with Crippen LogP contribution in [0.5, 0.6) is 0 Å². The SMILES string of the molecule is CCC(C)=NSc1ccccc1. The van der Waals surface area contributed by atoms with Crippen LogP contribution >= 0.6 is 11.9 Å². The van der Waals surface area contributed by atoms with Crippen LogP contribution < -0.4 is 0 Å². The summed E-state index contributed by atoms with van der Waals surface area (Å²) in [7, 11) is 0. The number of hydrogen-bond donors (Lipinski definition) is 0. The van der Waals surface area contributed by atoms with Crippen molar-refractivity contribution in [2.45, 2.75) is 25.2 Å². The molecule has 1 rings (SSSR count). The number of benzene rings is 1. The van der Waals surface area contributed by atoms with Crippen molar-refractivity contribution in [3.05, 3.63) is 30.3 Å². The fraction of sp³-hybridized carbons (Fsp3) is 0.300. The first-order chi connectivity index (χ1) is 5.83. The monoisotopic (exact) mass is 179 g/mol. The van der Waals surface area contributed by atoms with E-state index in [9.17, 15) is 0 Å². The van der Waals surface area contributed by atoms with Crippen LogP contribution in [0.25, 0.3) is 0 Å². The molecule has 1 aromatic carbocycles. The second kappa shape index (κ2) is 4.99. The normalized spacial score (nSPS) is 11.7. The zero-order valence-corrected chi connectivity index (χ0v) is 8.27. The quantitative estimate of drug-likeness (QED) is 0.510. The molecule has 0 bridgehead atoms. The minimum Gasteiger partial charge on any atom is -0.221 e.